The van der Waals surface area contributed by atoms with Crippen LogP contribution >= 0.6 is 11.8 Å². The third-order valence-corrected chi connectivity index (χ3v) is 6.03. The van der Waals surface area contributed by atoms with Crippen LogP contribution in [-0.4, -0.2) is 33.3 Å². The van der Waals surface area contributed by atoms with Crippen molar-refractivity contribution in [2.24, 2.45) is 4.99 Å². The van der Waals surface area contributed by atoms with Crippen molar-refractivity contribution in [3.8, 4) is 11.5 Å². The Balaban J connectivity index is 1.77. The van der Waals surface area contributed by atoms with E-state index in [1.807, 2.05) is 61.5 Å². The molecule has 2 aliphatic rings. The van der Waals surface area contributed by atoms with E-state index in [1.54, 1.807) is 25.7 Å². The number of nitrogens with zero attached hydrogens (tertiary/aromatic N) is 2. The smallest absolute Gasteiger partial charge is 0.338 e. The highest BCUT2D eigenvalue weighted by Crippen LogP contribution is 2.44. The second kappa shape index (κ2) is 8.59. The van der Waals surface area contributed by atoms with Crippen molar-refractivity contribution in [2.75, 3.05) is 0 Å². The molecule has 1 amide bonds. The number of fused-ring (bicyclic) bond motifs is 1. The zero-order valence-electron chi connectivity index (χ0n) is 17.9. The topological polar surface area (TPSA) is 68.2 Å². The number of allylic oxidation sites excluding steroid dienone is 1. The fourth-order valence-corrected chi connectivity index (χ4v) is 4.66. The highest BCUT2D eigenvalue weighted by atomic mass is 32.2. The Morgan fingerprint density at radius 3 is 2.52 bits per heavy atom. The summed E-state index contributed by atoms with van der Waals surface area (Å²) in [6.07, 6.45) is -0.283. The Morgan fingerprint density at radius 1 is 1.10 bits per heavy atom. The van der Waals surface area contributed by atoms with E-state index >= 15 is 0 Å². The van der Waals surface area contributed by atoms with Gasteiger partial charge in [-0.3, -0.25) is 9.69 Å². The van der Waals surface area contributed by atoms with Crippen molar-refractivity contribution < 1.29 is 19.1 Å². The number of esters is 1. The number of ether oxygens (including phenoxy) is 2. The van der Waals surface area contributed by atoms with E-state index in [2.05, 4.69) is 4.99 Å². The molecule has 31 heavy (non-hydrogen) atoms. The molecule has 2 aliphatic heterocycles. The number of thioether (sulfide) groups is 1. The number of benzene rings is 2. The van der Waals surface area contributed by atoms with Crippen molar-refractivity contribution in [2.45, 2.75) is 45.1 Å². The summed E-state index contributed by atoms with van der Waals surface area (Å²) in [5.41, 5.74) is 1.70. The highest BCUT2D eigenvalue weighted by molar-refractivity contribution is 8.15. The monoisotopic (exact) mass is 436 g/mol. The van der Waals surface area contributed by atoms with Gasteiger partial charge in [-0.25, -0.2) is 9.79 Å². The molecule has 0 radical (unpaired) electrons. The third kappa shape index (κ3) is 4.23. The number of aliphatic imine (C=N–C) groups is 1. The van der Waals surface area contributed by atoms with Crippen LogP contribution in [0.15, 0.2) is 70.9 Å². The quantitative estimate of drug-likeness (QED) is 0.612. The predicted molar refractivity (Wildman–Crippen MR) is 121 cm³/mol. The summed E-state index contributed by atoms with van der Waals surface area (Å²) < 4.78 is 11.5. The van der Waals surface area contributed by atoms with Gasteiger partial charge in [0.2, 0.25) is 5.91 Å². The summed E-state index contributed by atoms with van der Waals surface area (Å²) in [6.45, 7) is 7.23. The summed E-state index contributed by atoms with van der Waals surface area (Å²) in [7, 11) is 0. The number of hydrogen-bond acceptors (Lipinski definition) is 6. The van der Waals surface area contributed by atoms with Crippen molar-refractivity contribution in [3.05, 3.63) is 71.4 Å². The van der Waals surface area contributed by atoms with Crippen LogP contribution in [0, 0.1) is 0 Å². The number of hydrogen-bond donors (Lipinski definition) is 0. The molecule has 6 nitrogen and oxygen atoms in total. The van der Waals surface area contributed by atoms with Gasteiger partial charge in [0.05, 0.1) is 28.7 Å². The molecule has 0 aliphatic carbocycles. The molecule has 0 saturated carbocycles. The van der Waals surface area contributed by atoms with Gasteiger partial charge in [-0.15, -0.1) is 0 Å². The first-order chi connectivity index (χ1) is 14.8. The van der Waals surface area contributed by atoms with Crippen LogP contribution in [0.4, 0.5) is 0 Å². The van der Waals surface area contributed by atoms with Crippen molar-refractivity contribution in [1.29, 1.82) is 0 Å². The average Bonchev–Trinajstić information content (AvgIpc) is 3.00. The Labute approximate surface area is 185 Å². The summed E-state index contributed by atoms with van der Waals surface area (Å²) in [4.78, 5) is 32.2. The number of amidine groups is 1. The maximum absolute atomic E-state index is 13.0. The zero-order chi connectivity index (χ0) is 22.1. The van der Waals surface area contributed by atoms with Gasteiger partial charge >= 0.3 is 5.97 Å². The molecular weight excluding hydrogens is 412 g/mol. The van der Waals surface area contributed by atoms with Gasteiger partial charge in [0.1, 0.15) is 11.5 Å². The van der Waals surface area contributed by atoms with Crippen LogP contribution < -0.4 is 4.74 Å². The third-order valence-electron chi connectivity index (χ3n) is 4.97. The van der Waals surface area contributed by atoms with Crippen LogP contribution in [-0.2, 0) is 14.3 Å². The number of amides is 1. The standard InChI is InChI=1S/C24H24N2O4S/c1-14(2)29-23(28)20-15(3)25-24-26(22(27)16(4)31-24)21(20)17-9-8-12-19(13-17)30-18-10-6-5-7-11-18/h5-14,16,21H,1-4H3. The Kier molecular flexibility index (Phi) is 5.87. The molecule has 0 aromatic heterocycles. The molecule has 1 fully saturated rings. The second-order valence-electron chi connectivity index (χ2n) is 7.71. The molecule has 0 spiro atoms. The minimum atomic E-state index is -0.622. The molecule has 2 unspecified atom stereocenters. The maximum Gasteiger partial charge on any atom is 0.338 e. The highest BCUT2D eigenvalue weighted by Gasteiger charge is 2.46. The summed E-state index contributed by atoms with van der Waals surface area (Å²) in [5.74, 6) is 0.782. The zero-order valence-corrected chi connectivity index (χ0v) is 18.7. The molecule has 2 atom stereocenters. The SMILES string of the molecule is CC1=C(C(=O)OC(C)C)C(c2cccc(Oc3ccccc3)c2)N2C(=O)C(C)SC2=N1. The molecule has 4 rings (SSSR count). The van der Waals surface area contributed by atoms with Crippen molar-refractivity contribution in [1.82, 2.24) is 4.90 Å². The van der Waals surface area contributed by atoms with Crippen LogP contribution in [0.1, 0.15) is 39.3 Å². The lowest BCUT2D eigenvalue weighted by molar-refractivity contribution is -0.143. The lowest BCUT2D eigenvalue weighted by Gasteiger charge is -2.33. The van der Waals surface area contributed by atoms with Gasteiger partial charge in [0, 0.05) is 0 Å². The average molecular weight is 437 g/mol. The first-order valence-corrected chi connectivity index (χ1v) is 11.1. The minimum Gasteiger partial charge on any atom is -0.459 e. The van der Waals surface area contributed by atoms with E-state index in [4.69, 9.17) is 9.47 Å². The molecule has 2 heterocycles. The van der Waals surface area contributed by atoms with Gasteiger partial charge in [0.15, 0.2) is 5.17 Å². The molecule has 2 aromatic rings. The Bertz CT molecular complexity index is 1080. The van der Waals surface area contributed by atoms with Gasteiger partial charge in [-0.1, -0.05) is 42.1 Å². The van der Waals surface area contributed by atoms with Gasteiger partial charge in [0.25, 0.3) is 0 Å². The number of carbonyl (C=O) groups is 2. The lowest BCUT2D eigenvalue weighted by atomic mass is 9.94. The fourth-order valence-electron chi connectivity index (χ4n) is 3.63. The van der Waals surface area contributed by atoms with E-state index < -0.39 is 12.0 Å². The van der Waals surface area contributed by atoms with Crippen molar-refractivity contribution in [3.63, 3.8) is 0 Å². The van der Waals surface area contributed by atoms with E-state index in [0.717, 1.165) is 5.56 Å². The maximum atomic E-state index is 13.0. The van der Waals surface area contributed by atoms with Crippen LogP contribution in [0.3, 0.4) is 0 Å². The first-order valence-electron chi connectivity index (χ1n) is 10.2. The lowest BCUT2D eigenvalue weighted by Crippen LogP contribution is -2.40. The predicted octanol–water partition coefficient (Wildman–Crippen LogP) is 5.08. The van der Waals surface area contributed by atoms with E-state index in [9.17, 15) is 9.59 Å². The van der Waals surface area contributed by atoms with E-state index in [0.29, 0.717) is 27.9 Å². The summed E-state index contributed by atoms with van der Waals surface area (Å²) in [6, 6.07) is 16.3. The van der Waals surface area contributed by atoms with Crippen LogP contribution in [0.5, 0.6) is 11.5 Å². The molecule has 160 valence electrons. The van der Waals surface area contributed by atoms with Gasteiger partial charge < -0.3 is 9.47 Å². The number of carbonyl (C=O) groups excluding carboxylic acids is 2. The summed E-state index contributed by atoms with van der Waals surface area (Å²) >= 11 is 1.40. The summed E-state index contributed by atoms with van der Waals surface area (Å²) in [5, 5.41) is 0.341. The van der Waals surface area contributed by atoms with E-state index in [1.165, 1.54) is 11.8 Å². The Morgan fingerprint density at radius 2 is 1.81 bits per heavy atom. The van der Waals surface area contributed by atoms with Gasteiger partial charge in [-0.05, 0) is 57.5 Å². The largest absolute Gasteiger partial charge is 0.459 e. The molecule has 1 saturated heterocycles. The molecule has 7 heteroatoms. The Hall–Kier alpha value is -3.06. The van der Waals surface area contributed by atoms with Gasteiger partial charge in [-0.2, -0.15) is 0 Å². The normalized spacial score (nSPS) is 20.6. The molecule has 0 bridgehead atoms. The minimum absolute atomic E-state index is 0.0783. The van der Waals surface area contributed by atoms with Crippen molar-refractivity contribution >= 4 is 28.8 Å². The fraction of sp³-hybridized carbons (Fsp3) is 0.292. The second-order valence-corrected chi connectivity index (χ2v) is 9.01. The number of rotatable bonds is 5. The van der Waals surface area contributed by atoms with Crippen LogP contribution in [0.2, 0.25) is 0 Å². The molecule has 0 N–H and O–H groups in total. The van der Waals surface area contributed by atoms with E-state index in [-0.39, 0.29) is 17.3 Å². The first kappa shape index (κ1) is 21.2. The number of para-hydroxylation sites is 1. The molecular formula is C24H24N2O4S. The molecule has 2 aromatic carbocycles. The van der Waals surface area contributed by atoms with Crippen LogP contribution in [0.25, 0.3) is 0 Å².